The van der Waals surface area contributed by atoms with E-state index in [-0.39, 0.29) is 12.1 Å². The van der Waals surface area contributed by atoms with E-state index < -0.39 is 5.54 Å². The van der Waals surface area contributed by atoms with Gasteiger partial charge in [0.25, 0.3) is 0 Å². The molecule has 0 aromatic heterocycles. The van der Waals surface area contributed by atoms with Crippen LogP contribution in [0.25, 0.3) is 0 Å². The van der Waals surface area contributed by atoms with Crippen LogP contribution in [0.3, 0.4) is 0 Å². The molecule has 1 aromatic rings. The van der Waals surface area contributed by atoms with Crippen molar-refractivity contribution in [3.63, 3.8) is 0 Å². The first kappa shape index (κ1) is 17.3. The first-order valence-corrected chi connectivity index (χ1v) is 7.30. The highest BCUT2D eigenvalue weighted by Crippen LogP contribution is 2.29. The van der Waals surface area contributed by atoms with Gasteiger partial charge in [-0.3, -0.25) is 5.32 Å². The summed E-state index contributed by atoms with van der Waals surface area (Å²) in [5.74, 6) is 1.43. The second kappa shape index (κ2) is 7.33. The van der Waals surface area contributed by atoms with Gasteiger partial charge >= 0.3 is 0 Å². The van der Waals surface area contributed by atoms with Crippen molar-refractivity contribution in [1.29, 1.82) is 5.26 Å². The van der Waals surface area contributed by atoms with E-state index in [0.29, 0.717) is 12.2 Å². The van der Waals surface area contributed by atoms with Gasteiger partial charge in [-0.15, -0.1) is 0 Å². The van der Waals surface area contributed by atoms with Crippen molar-refractivity contribution in [2.24, 2.45) is 0 Å². The highest BCUT2D eigenvalue weighted by molar-refractivity contribution is 5.42. The van der Waals surface area contributed by atoms with E-state index in [1.165, 1.54) is 0 Å². The lowest BCUT2D eigenvalue weighted by Gasteiger charge is -2.29. The topological polar surface area (TPSA) is 54.3 Å². The molecule has 1 aromatic carbocycles. The molecule has 0 bridgehead atoms. The number of rotatable bonds is 7. The number of methoxy groups -OCH3 is 1. The molecule has 116 valence electrons. The quantitative estimate of drug-likeness (QED) is 0.835. The number of nitriles is 1. The molecular weight excluding hydrogens is 264 g/mol. The van der Waals surface area contributed by atoms with Crippen LogP contribution >= 0.6 is 0 Å². The number of nitrogens with one attached hydrogen (secondary N) is 1. The Balaban J connectivity index is 2.77. The van der Waals surface area contributed by atoms with Crippen molar-refractivity contribution in [1.82, 2.24) is 5.32 Å². The fraction of sp³-hybridized carbons (Fsp3) is 0.588. The van der Waals surface area contributed by atoms with Gasteiger partial charge in [0.1, 0.15) is 5.54 Å². The van der Waals surface area contributed by atoms with Gasteiger partial charge in [-0.05, 0) is 52.3 Å². The van der Waals surface area contributed by atoms with Gasteiger partial charge in [0.05, 0.1) is 19.3 Å². The molecular formula is C17H26N2O2. The zero-order valence-corrected chi connectivity index (χ0v) is 13.9. The smallest absolute Gasteiger partial charge is 0.161 e. The average molecular weight is 290 g/mol. The molecule has 0 saturated carbocycles. The Kier molecular flexibility index (Phi) is 6.04. The maximum Gasteiger partial charge on any atom is 0.161 e. The summed E-state index contributed by atoms with van der Waals surface area (Å²) in [5.41, 5.74) is 0.515. The predicted molar refractivity (Wildman–Crippen MR) is 84.7 cm³/mol. The lowest BCUT2D eigenvalue weighted by molar-refractivity contribution is 0.170. The number of ether oxygens (including phenoxy) is 2. The molecule has 0 amide bonds. The van der Waals surface area contributed by atoms with Crippen LogP contribution in [0.4, 0.5) is 0 Å². The molecule has 0 heterocycles. The molecule has 0 saturated heterocycles. The van der Waals surface area contributed by atoms with Crippen molar-refractivity contribution in [2.75, 3.05) is 7.11 Å². The molecule has 1 N–H and O–H groups in total. The molecule has 0 fully saturated rings. The molecule has 4 nitrogen and oxygen atoms in total. The van der Waals surface area contributed by atoms with E-state index in [0.717, 1.165) is 11.3 Å². The maximum atomic E-state index is 9.39. The van der Waals surface area contributed by atoms with Crippen molar-refractivity contribution in [3.05, 3.63) is 23.8 Å². The van der Waals surface area contributed by atoms with Gasteiger partial charge in [-0.2, -0.15) is 5.26 Å². The van der Waals surface area contributed by atoms with Crippen molar-refractivity contribution >= 4 is 0 Å². The number of benzene rings is 1. The van der Waals surface area contributed by atoms with Crippen LogP contribution in [0.15, 0.2) is 18.2 Å². The molecule has 0 aliphatic rings. The fourth-order valence-electron chi connectivity index (χ4n) is 2.48. The average Bonchev–Trinajstić information content (AvgIpc) is 2.39. The number of aryl methyl sites for hydroxylation is 1. The normalized spacial score (nSPS) is 15.1. The fourth-order valence-corrected chi connectivity index (χ4v) is 2.48. The Morgan fingerprint density at radius 1 is 1.29 bits per heavy atom. The Bertz CT molecular complexity index is 508. The Labute approximate surface area is 128 Å². The van der Waals surface area contributed by atoms with Gasteiger partial charge in [0.15, 0.2) is 11.5 Å². The predicted octanol–water partition coefficient (Wildman–Crippen LogP) is 3.44. The summed E-state index contributed by atoms with van der Waals surface area (Å²) in [6.07, 6.45) is 0.496. The van der Waals surface area contributed by atoms with Crippen LogP contribution in [0.1, 0.15) is 39.7 Å². The third kappa shape index (κ3) is 5.28. The second-order valence-corrected chi connectivity index (χ2v) is 6.03. The van der Waals surface area contributed by atoms with E-state index in [1.807, 2.05) is 52.8 Å². The first-order chi connectivity index (χ1) is 9.79. The van der Waals surface area contributed by atoms with Crippen LogP contribution in [0.2, 0.25) is 0 Å². The van der Waals surface area contributed by atoms with E-state index in [2.05, 4.69) is 11.4 Å². The van der Waals surface area contributed by atoms with Gasteiger partial charge in [0, 0.05) is 12.5 Å². The number of hydrogen-bond donors (Lipinski definition) is 1. The van der Waals surface area contributed by atoms with Gasteiger partial charge in [-0.25, -0.2) is 0 Å². The minimum absolute atomic E-state index is 0.0995. The SMILES string of the molecule is COc1cc(C)ccc1OC(C)CC(C)(C#N)NC(C)C. The van der Waals surface area contributed by atoms with E-state index in [9.17, 15) is 5.26 Å². The Hall–Kier alpha value is -1.73. The van der Waals surface area contributed by atoms with Crippen LogP contribution < -0.4 is 14.8 Å². The summed E-state index contributed by atoms with van der Waals surface area (Å²) < 4.78 is 11.3. The minimum Gasteiger partial charge on any atom is -0.493 e. The van der Waals surface area contributed by atoms with Crippen LogP contribution in [0, 0.1) is 18.3 Å². The standard InChI is InChI=1S/C17H26N2O2/c1-12(2)19-17(5,11-18)10-14(4)21-15-8-7-13(3)9-16(15)20-6/h7-9,12,14,19H,10H2,1-6H3. The summed E-state index contributed by atoms with van der Waals surface area (Å²) in [4.78, 5) is 0. The van der Waals surface area contributed by atoms with E-state index >= 15 is 0 Å². The Morgan fingerprint density at radius 2 is 1.95 bits per heavy atom. The van der Waals surface area contributed by atoms with Crippen molar-refractivity contribution in [2.45, 2.75) is 58.7 Å². The maximum absolute atomic E-state index is 9.39. The highest BCUT2D eigenvalue weighted by atomic mass is 16.5. The summed E-state index contributed by atoms with van der Waals surface area (Å²) in [6, 6.07) is 8.42. The van der Waals surface area contributed by atoms with Crippen LogP contribution in [-0.2, 0) is 0 Å². The third-order valence-corrected chi connectivity index (χ3v) is 3.20. The number of nitrogens with zero attached hydrogens (tertiary/aromatic N) is 1. The van der Waals surface area contributed by atoms with Gasteiger partial charge < -0.3 is 9.47 Å². The lowest BCUT2D eigenvalue weighted by Crippen LogP contribution is -2.47. The zero-order valence-electron chi connectivity index (χ0n) is 13.9. The molecule has 0 radical (unpaired) electrons. The second-order valence-electron chi connectivity index (χ2n) is 6.03. The summed E-state index contributed by atoms with van der Waals surface area (Å²) >= 11 is 0. The highest BCUT2D eigenvalue weighted by Gasteiger charge is 2.28. The molecule has 0 aliphatic heterocycles. The molecule has 21 heavy (non-hydrogen) atoms. The summed E-state index contributed by atoms with van der Waals surface area (Å²) in [7, 11) is 1.63. The zero-order chi connectivity index (χ0) is 16.0. The lowest BCUT2D eigenvalue weighted by atomic mass is 9.95. The minimum atomic E-state index is -0.606. The largest absolute Gasteiger partial charge is 0.493 e. The molecule has 1 rings (SSSR count). The molecule has 0 spiro atoms. The number of hydrogen-bond acceptors (Lipinski definition) is 4. The Morgan fingerprint density at radius 3 is 2.48 bits per heavy atom. The molecule has 4 heteroatoms. The first-order valence-electron chi connectivity index (χ1n) is 7.30. The third-order valence-electron chi connectivity index (χ3n) is 3.20. The molecule has 2 unspecified atom stereocenters. The van der Waals surface area contributed by atoms with E-state index in [1.54, 1.807) is 7.11 Å². The van der Waals surface area contributed by atoms with Crippen molar-refractivity contribution < 1.29 is 9.47 Å². The summed E-state index contributed by atoms with van der Waals surface area (Å²) in [6.45, 7) is 9.94. The van der Waals surface area contributed by atoms with Crippen molar-refractivity contribution in [3.8, 4) is 17.6 Å². The molecule has 0 aliphatic carbocycles. The van der Waals surface area contributed by atoms with Crippen LogP contribution in [0.5, 0.6) is 11.5 Å². The van der Waals surface area contributed by atoms with Crippen LogP contribution in [-0.4, -0.2) is 24.8 Å². The monoisotopic (exact) mass is 290 g/mol. The van der Waals surface area contributed by atoms with E-state index in [4.69, 9.17) is 9.47 Å². The van der Waals surface area contributed by atoms with Gasteiger partial charge in [-0.1, -0.05) is 6.07 Å². The van der Waals surface area contributed by atoms with Gasteiger partial charge in [0.2, 0.25) is 0 Å². The summed E-state index contributed by atoms with van der Waals surface area (Å²) in [5, 5.41) is 12.7. The molecule has 2 atom stereocenters.